The maximum absolute atomic E-state index is 12.6. The lowest BCUT2D eigenvalue weighted by Crippen LogP contribution is -2.37. The number of carbonyl (C=O) groups is 1. The van der Waals surface area contributed by atoms with E-state index in [4.69, 9.17) is 0 Å². The molecule has 0 unspecified atom stereocenters. The number of rotatable bonds is 7. The molecule has 0 saturated carbocycles. The Balaban J connectivity index is 1.80. The molecule has 0 aliphatic carbocycles. The van der Waals surface area contributed by atoms with Gasteiger partial charge in [0.05, 0.1) is 29.9 Å². The first-order valence-corrected chi connectivity index (χ1v) is 10.0. The zero-order valence-corrected chi connectivity index (χ0v) is 15.8. The van der Waals surface area contributed by atoms with Crippen LogP contribution in [-0.2, 0) is 0 Å². The highest BCUT2D eigenvalue weighted by molar-refractivity contribution is 7.98. The second kappa shape index (κ2) is 8.83. The number of hydrogen-bond acceptors (Lipinski definition) is 5. The zero-order chi connectivity index (χ0) is 19.2. The van der Waals surface area contributed by atoms with Crippen molar-refractivity contribution in [2.75, 3.05) is 18.6 Å². The second-order valence-electron chi connectivity index (χ2n) is 6.13. The van der Waals surface area contributed by atoms with Crippen LogP contribution in [0.25, 0.3) is 16.5 Å². The number of aliphatic hydroxyl groups excluding tert-OH is 1. The van der Waals surface area contributed by atoms with E-state index in [1.54, 1.807) is 48.3 Å². The van der Waals surface area contributed by atoms with E-state index in [0.29, 0.717) is 23.1 Å². The molecule has 1 amide bonds. The summed E-state index contributed by atoms with van der Waals surface area (Å²) >= 11 is 1.67. The van der Waals surface area contributed by atoms with Crippen molar-refractivity contribution in [2.45, 2.75) is 12.5 Å². The molecule has 3 rings (SSSR count). The molecule has 2 N–H and O–H groups in total. The number of aromatic nitrogens is 2. The number of amides is 1. The lowest BCUT2D eigenvalue weighted by Gasteiger charge is -2.16. The maximum atomic E-state index is 12.6. The summed E-state index contributed by atoms with van der Waals surface area (Å²) in [5, 5.41) is 17.8. The van der Waals surface area contributed by atoms with Gasteiger partial charge in [-0.2, -0.15) is 21.5 Å². The number of fused-ring (bicyclic) bond motifs is 1. The maximum Gasteiger partial charge on any atom is 0.279 e. The van der Waals surface area contributed by atoms with Crippen LogP contribution in [0.2, 0.25) is 0 Å². The summed E-state index contributed by atoms with van der Waals surface area (Å²) in [6.45, 7) is -0.0964. The van der Waals surface area contributed by atoms with Gasteiger partial charge in [0.15, 0.2) is 0 Å². The quantitative estimate of drug-likeness (QED) is 0.654. The van der Waals surface area contributed by atoms with Crippen molar-refractivity contribution in [2.24, 2.45) is 0 Å². The molecule has 3 aromatic rings. The van der Waals surface area contributed by atoms with Gasteiger partial charge in [0.2, 0.25) is 0 Å². The van der Waals surface area contributed by atoms with Crippen LogP contribution in [0.3, 0.4) is 0 Å². The minimum Gasteiger partial charge on any atom is -0.394 e. The van der Waals surface area contributed by atoms with Gasteiger partial charge in [-0.25, -0.2) is 0 Å². The lowest BCUT2D eigenvalue weighted by molar-refractivity contribution is 0.0915. The Bertz CT molecular complexity index is 986. The SMILES string of the molecule is CSCC[C@@H](CO)NC(=O)c1ccc(-n2ncc3ccccc3c2=O)cc1. The Morgan fingerprint density at radius 2 is 1.96 bits per heavy atom. The molecule has 140 valence electrons. The predicted molar refractivity (Wildman–Crippen MR) is 109 cm³/mol. The fourth-order valence-corrected chi connectivity index (χ4v) is 3.29. The topological polar surface area (TPSA) is 84.2 Å². The predicted octanol–water partition coefficient (Wildman–Crippen LogP) is 2.23. The average Bonchev–Trinajstić information content (AvgIpc) is 2.71. The van der Waals surface area contributed by atoms with Gasteiger partial charge in [-0.1, -0.05) is 18.2 Å². The Kier molecular flexibility index (Phi) is 6.26. The Morgan fingerprint density at radius 1 is 1.22 bits per heavy atom. The van der Waals surface area contributed by atoms with Gasteiger partial charge in [0.25, 0.3) is 11.5 Å². The summed E-state index contributed by atoms with van der Waals surface area (Å²) in [5.41, 5.74) is 0.848. The van der Waals surface area contributed by atoms with E-state index in [2.05, 4.69) is 10.4 Å². The van der Waals surface area contributed by atoms with Crippen molar-refractivity contribution in [1.82, 2.24) is 15.1 Å². The van der Waals surface area contributed by atoms with E-state index in [0.717, 1.165) is 11.1 Å². The number of hydrogen-bond donors (Lipinski definition) is 2. The highest BCUT2D eigenvalue weighted by Gasteiger charge is 2.13. The Morgan fingerprint density at radius 3 is 2.67 bits per heavy atom. The molecule has 0 spiro atoms. The van der Waals surface area contributed by atoms with Gasteiger partial charge < -0.3 is 10.4 Å². The van der Waals surface area contributed by atoms with Crippen LogP contribution >= 0.6 is 11.8 Å². The molecule has 0 fully saturated rings. The first-order valence-electron chi connectivity index (χ1n) is 8.62. The first-order chi connectivity index (χ1) is 13.1. The molecule has 0 radical (unpaired) electrons. The van der Waals surface area contributed by atoms with Crippen molar-refractivity contribution < 1.29 is 9.90 Å². The molecule has 0 saturated heterocycles. The van der Waals surface area contributed by atoms with E-state index < -0.39 is 0 Å². The minimum absolute atomic E-state index is 0.0964. The molecule has 2 aromatic carbocycles. The first kappa shape index (κ1) is 19.1. The van der Waals surface area contributed by atoms with E-state index in [9.17, 15) is 14.7 Å². The summed E-state index contributed by atoms with van der Waals surface area (Å²) in [4.78, 5) is 25.0. The third-order valence-corrected chi connectivity index (χ3v) is 4.94. The molecule has 6 nitrogen and oxygen atoms in total. The lowest BCUT2D eigenvalue weighted by atomic mass is 10.1. The Labute approximate surface area is 161 Å². The van der Waals surface area contributed by atoms with Crippen LogP contribution in [-0.4, -0.2) is 45.5 Å². The number of carbonyl (C=O) groups excluding carboxylic acids is 1. The molecule has 27 heavy (non-hydrogen) atoms. The van der Waals surface area contributed by atoms with Gasteiger partial charge in [-0.05, 0) is 48.8 Å². The van der Waals surface area contributed by atoms with E-state index in [-0.39, 0.29) is 24.1 Å². The van der Waals surface area contributed by atoms with E-state index in [1.807, 2.05) is 24.5 Å². The van der Waals surface area contributed by atoms with Gasteiger partial charge in [-0.15, -0.1) is 0 Å². The number of benzene rings is 2. The molecule has 1 aromatic heterocycles. The van der Waals surface area contributed by atoms with Gasteiger partial charge in [-0.3, -0.25) is 9.59 Å². The van der Waals surface area contributed by atoms with Crippen LogP contribution in [0.4, 0.5) is 0 Å². The van der Waals surface area contributed by atoms with Gasteiger partial charge in [0.1, 0.15) is 0 Å². The fourth-order valence-electron chi connectivity index (χ4n) is 2.77. The van der Waals surface area contributed by atoms with Crippen LogP contribution in [0.15, 0.2) is 59.5 Å². The fraction of sp³-hybridized carbons (Fsp3) is 0.250. The zero-order valence-electron chi connectivity index (χ0n) is 15.0. The third-order valence-electron chi connectivity index (χ3n) is 4.30. The highest BCUT2D eigenvalue weighted by Crippen LogP contribution is 2.11. The molecule has 1 atom stereocenters. The van der Waals surface area contributed by atoms with Crippen molar-refractivity contribution in [3.63, 3.8) is 0 Å². The van der Waals surface area contributed by atoms with Crippen LogP contribution in [0.5, 0.6) is 0 Å². The van der Waals surface area contributed by atoms with Crippen LogP contribution in [0, 0.1) is 0 Å². The van der Waals surface area contributed by atoms with Crippen LogP contribution < -0.4 is 10.9 Å². The normalized spacial score (nSPS) is 12.1. The smallest absolute Gasteiger partial charge is 0.279 e. The van der Waals surface area contributed by atoms with Crippen molar-refractivity contribution >= 4 is 28.4 Å². The van der Waals surface area contributed by atoms with E-state index in [1.165, 1.54) is 4.68 Å². The summed E-state index contributed by atoms with van der Waals surface area (Å²) < 4.78 is 1.32. The molecule has 7 heteroatoms. The Hall–Kier alpha value is -2.64. The number of thioether (sulfide) groups is 1. The second-order valence-corrected chi connectivity index (χ2v) is 7.12. The molecule has 1 heterocycles. The van der Waals surface area contributed by atoms with Gasteiger partial charge >= 0.3 is 0 Å². The summed E-state index contributed by atoms with van der Waals surface area (Å²) in [6.07, 6.45) is 4.34. The minimum atomic E-state index is -0.269. The average molecular weight is 383 g/mol. The molecule has 0 bridgehead atoms. The van der Waals surface area contributed by atoms with E-state index >= 15 is 0 Å². The van der Waals surface area contributed by atoms with Crippen molar-refractivity contribution in [3.05, 3.63) is 70.6 Å². The highest BCUT2D eigenvalue weighted by atomic mass is 32.2. The molecule has 0 aliphatic rings. The number of nitrogens with one attached hydrogen (secondary N) is 1. The van der Waals surface area contributed by atoms with Gasteiger partial charge in [0, 0.05) is 10.9 Å². The summed E-state index contributed by atoms with van der Waals surface area (Å²) in [5.74, 6) is 0.613. The summed E-state index contributed by atoms with van der Waals surface area (Å²) in [7, 11) is 0. The largest absolute Gasteiger partial charge is 0.394 e. The van der Waals surface area contributed by atoms with Crippen molar-refractivity contribution in [3.8, 4) is 5.69 Å². The monoisotopic (exact) mass is 383 g/mol. The number of nitrogens with zero attached hydrogens (tertiary/aromatic N) is 2. The third kappa shape index (κ3) is 4.37. The van der Waals surface area contributed by atoms with Crippen LogP contribution in [0.1, 0.15) is 16.8 Å². The standard InChI is InChI=1S/C20H21N3O3S/c1-27-11-10-16(13-24)22-19(25)14-6-8-17(9-7-14)23-20(26)18-5-3-2-4-15(18)12-21-23/h2-9,12,16,24H,10-11,13H2,1H3,(H,22,25)/t16-/m0/s1. The molecular formula is C20H21N3O3S. The molecular weight excluding hydrogens is 362 g/mol. The summed E-state index contributed by atoms with van der Waals surface area (Å²) in [6, 6.07) is 13.7. The molecule has 0 aliphatic heterocycles. The number of aliphatic hydroxyl groups is 1. The van der Waals surface area contributed by atoms with Crippen molar-refractivity contribution in [1.29, 1.82) is 0 Å².